The van der Waals surface area contributed by atoms with Crippen LogP contribution in [0.1, 0.15) is 21.5 Å². The van der Waals surface area contributed by atoms with E-state index in [4.69, 9.17) is 10.5 Å². The zero-order chi connectivity index (χ0) is 13.0. The molecule has 92 valence electrons. The Balaban J connectivity index is 2.03. The van der Waals surface area contributed by atoms with Crippen molar-refractivity contribution in [1.82, 2.24) is 0 Å². The Hall–Kier alpha value is -2.29. The fourth-order valence-electron chi connectivity index (χ4n) is 1.66. The normalized spacial score (nSPS) is 10.1. The van der Waals surface area contributed by atoms with Gasteiger partial charge in [0.2, 0.25) is 0 Å². The quantitative estimate of drug-likeness (QED) is 0.664. The van der Waals surface area contributed by atoms with Gasteiger partial charge in [0.15, 0.2) is 0 Å². The Labute approximate surface area is 106 Å². The third kappa shape index (κ3) is 2.88. The van der Waals surface area contributed by atoms with Crippen molar-refractivity contribution in [2.75, 3.05) is 5.73 Å². The largest absolute Gasteiger partial charge is 0.457 e. The standard InChI is InChI=1S/C15H15NO2/c1-11-5-2-3-6-13(11)10-18-15(17)12-7-4-8-14(16)9-12/h2-9H,10,16H2,1H3. The van der Waals surface area contributed by atoms with Crippen LogP contribution >= 0.6 is 0 Å². The van der Waals surface area contributed by atoms with Gasteiger partial charge in [0.1, 0.15) is 6.61 Å². The van der Waals surface area contributed by atoms with Crippen molar-refractivity contribution < 1.29 is 9.53 Å². The summed E-state index contributed by atoms with van der Waals surface area (Å²) in [6, 6.07) is 14.6. The highest BCUT2D eigenvalue weighted by atomic mass is 16.5. The van der Waals surface area contributed by atoms with E-state index >= 15 is 0 Å². The van der Waals surface area contributed by atoms with Gasteiger partial charge in [0.25, 0.3) is 0 Å². The molecule has 0 saturated carbocycles. The number of hydrogen-bond donors (Lipinski definition) is 1. The van der Waals surface area contributed by atoms with E-state index in [-0.39, 0.29) is 12.6 Å². The number of esters is 1. The Morgan fingerprint density at radius 2 is 1.94 bits per heavy atom. The minimum atomic E-state index is -0.356. The van der Waals surface area contributed by atoms with E-state index in [1.807, 2.05) is 31.2 Å². The second kappa shape index (κ2) is 5.36. The molecule has 0 spiro atoms. The molecule has 0 aliphatic heterocycles. The lowest BCUT2D eigenvalue weighted by Crippen LogP contribution is -2.06. The van der Waals surface area contributed by atoms with Gasteiger partial charge >= 0.3 is 5.97 Å². The summed E-state index contributed by atoms with van der Waals surface area (Å²) >= 11 is 0. The number of ether oxygens (including phenoxy) is 1. The number of benzene rings is 2. The molecule has 2 N–H and O–H groups in total. The first kappa shape index (κ1) is 12.2. The van der Waals surface area contributed by atoms with Crippen LogP contribution in [0.15, 0.2) is 48.5 Å². The first-order valence-electron chi connectivity index (χ1n) is 5.74. The highest BCUT2D eigenvalue weighted by molar-refractivity contribution is 5.90. The minimum Gasteiger partial charge on any atom is -0.457 e. The maximum atomic E-state index is 11.8. The van der Waals surface area contributed by atoms with Crippen LogP contribution in [-0.2, 0) is 11.3 Å². The van der Waals surface area contributed by atoms with Crippen LogP contribution in [0, 0.1) is 6.92 Å². The summed E-state index contributed by atoms with van der Waals surface area (Å²) in [5.74, 6) is -0.356. The van der Waals surface area contributed by atoms with Crippen molar-refractivity contribution >= 4 is 11.7 Å². The number of nitrogens with two attached hydrogens (primary N) is 1. The summed E-state index contributed by atoms with van der Waals surface area (Å²) in [7, 11) is 0. The van der Waals surface area contributed by atoms with Crippen molar-refractivity contribution in [2.24, 2.45) is 0 Å². The number of aryl methyl sites for hydroxylation is 1. The van der Waals surface area contributed by atoms with Crippen molar-refractivity contribution in [3.05, 3.63) is 65.2 Å². The van der Waals surface area contributed by atoms with E-state index in [1.54, 1.807) is 24.3 Å². The Kier molecular flexibility index (Phi) is 3.63. The molecule has 0 amide bonds. The summed E-state index contributed by atoms with van der Waals surface area (Å²) in [4.78, 5) is 11.8. The van der Waals surface area contributed by atoms with Gasteiger partial charge in [-0.1, -0.05) is 30.3 Å². The molecule has 0 radical (unpaired) electrons. The van der Waals surface area contributed by atoms with E-state index in [0.29, 0.717) is 11.3 Å². The lowest BCUT2D eigenvalue weighted by atomic mass is 10.1. The molecule has 3 nitrogen and oxygen atoms in total. The number of carbonyl (C=O) groups is 1. The molecule has 0 aliphatic carbocycles. The van der Waals surface area contributed by atoms with Crippen LogP contribution in [-0.4, -0.2) is 5.97 Å². The third-order valence-electron chi connectivity index (χ3n) is 2.74. The second-order valence-electron chi connectivity index (χ2n) is 4.13. The van der Waals surface area contributed by atoms with Crippen LogP contribution in [0.5, 0.6) is 0 Å². The second-order valence-corrected chi connectivity index (χ2v) is 4.13. The fourth-order valence-corrected chi connectivity index (χ4v) is 1.66. The molecule has 0 aliphatic rings. The van der Waals surface area contributed by atoms with Gasteiger partial charge < -0.3 is 10.5 Å². The number of rotatable bonds is 3. The summed E-state index contributed by atoms with van der Waals surface area (Å²) in [6.45, 7) is 2.27. The van der Waals surface area contributed by atoms with E-state index in [1.165, 1.54) is 0 Å². The molecular formula is C15H15NO2. The zero-order valence-corrected chi connectivity index (χ0v) is 10.2. The average Bonchev–Trinajstić information content (AvgIpc) is 2.37. The summed E-state index contributed by atoms with van der Waals surface area (Å²) in [5, 5.41) is 0. The average molecular weight is 241 g/mol. The number of nitrogen functional groups attached to an aromatic ring is 1. The minimum absolute atomic E-state index is 0.278. The van der Waals surface area contributed by atoms with Crippen LogP contribution in [0.3, 0.4) is 0 Å². The molecule has 18 heavy (non-hydrogen) atoms. The van der Waals surface area contributed by atoms with E-state index in [2.05, 4.69) is 0 Å². The Morgan fingerprint density at radius 3 is 2.67 bits per heavy atom. The summed E-state index contributed by atoms with van der Waals surface area (Å²) in [5.41, 5.74) is 8.77. The molecule has 0 saturated heterocycles. The van der Waals surface area contributed by atoms with Crippen LogP contribution in [0.4, 0.5) is 5.69 Å². The Bertz CT molecular complexity index is 564. The molecular weight excluding hydrogens is 226 g/mol. The predicted octanol–water partition coefficient (Wildman–Crippen LogP) is 2.93. The smallest absolute Gasteiger partial charge is 0.338 e. The van der Waals surface area contributed by atoms with Crippen LogP contribution in [0.25, 0.3) is 0 Å². The molecule has 0 unspecified atom stereocenters. The number of hydrogen-bond acceptors (Lipinski definition) is 3. The van der Waals surface area contributed by atoms with Crippen LogP contribution in [0.2, 0.25) is 0 Å². The molecule has 0 fully saturated rings. The van der Waals surface area contributed by atoms with Crippen LogP contribution < -0.4 is 5.73 Å². The third-order valence-corrected chi connectivity index (χ3v) is 2.74. The Morgan fingerprint density at radius 1 is 1.17 bits per heavy atom. The first-order chi connectivity index (χ1) is 8.66. The predicted molar refractivity (Wildman–Crippen MR) is 71.2 cm³/mol. The number of carbonyl (C=O) groups excluding carboxylic acids is 1. The maximum absolute atomic E-state index is 11.8. The van der Waals surface area contributed by atoms with Crippen molar-refractivity contribution in [3.63, 3.8) is 0 Å². The molecule has 2 aromatic carbocycles. The van der Waals surface area contributed by atoms with Gasteiger partial charge in [-0.15, -0.1) is 0 Å². The molecule has 0 heterocycles. The molecule has 3 heteroatoms. The van der Waals surface area contributed by atoms with E-state index in [9.17, 15) is 4.79 Å². The SMILES string of the molecule is Cc1ccccc1COC(=O)c1cccc(N)c1. The molecule has 0 aromatic heterocycles. The van der Waals surface area contributed by atoms with Gasteiger partial charge in [-0.2, -0.15) is 0 Å². The maximum Gasteiger partial charge on any atom is 0.338 e. The zero-order valence-electron chi connectivity index (χ0n) is 10.2. The van der Waals surface area contributed by atoms with Crippen molar-refractivity contribution in [1.29, 1.82) is 0 Å². The van der Waals surface area contributed by atoms with Gasteiger partial charge in [-0.25, -0.2) is 4.79 Å². The lowest BCUT2D eigenvalue weighted by Gasteiger charge is -2.07. The summed E-state index contributed by atoms with van der Waals surface area (Å²) < 4.78 is 5.26. The van der Waals surface area contributed by atoms with Gasteiger partial charge in [-0.05, 0) is 36.2 Å². The molecule has 2 rings (SSSR count). The molecule has 2 aromatic rings. The fraction of sp³-hybridized carbons (Fsp3) is 0.133. The first-order valence-corrected chi connectivity index (χ1v) is 5.74. The van der Waals surface area contributed by atoms with Gasteiger partial charge in [0, 0.05) is 5.69 Å². The van der Waals surface area contributed by atoms with Gasteiger partial charge in [-0.3, -0.25) is 0 Å². The van der Waals surface area contributed by atoms with E-state index < -0.39 is 0 Å². The molecule has 0 bridgehead atoms. The lowest BCUT2D eigenvalue weighted by molar-refractivity contribution is 0.0472. The van der Waals surface area contributed by atoms with Crippen molar-refractivity contribution in [3.8, 4) is 0 Å². The highest BCUT2D eigenvalue weighted by Gasteiger charge is 2.08. The van der Waals surface area contributed by atoms with Gasteiger partial charge in [0.05, 0.1) is 5.56 Å². The van der Waals surface area contributed by atoms with E-state index in [0.717, 1.165) is 11.1 Å². The monoisotopic (exact) mass is 241 g/mol. The topological polar surface area (TPSA) is 52.3 Å². The number of anilines is 1. The van der Waals surface area contributed by atoms with Crippen molar-refractivity contribution in [2.45, 2.75) is 13.5 Å². The highest BCUT2D eigenvalue weighted by Crippen LogP contribution is 2.12. The summed E-state index contributed by atoms with van der Waals surface area (Å²) in [6.07, 6.45) is 0. The molecule has 0 atom stereocenters.